The van der Waals surface area contributed by atoms with Crippen LogP contribution in [0.3, 0.4) is 0 Å². The predicted octanol–water partition coefficient (Wildman–Crippen LogP) is 7.83. The van der Waals surface area contributed by atoms with Crippen molar-refractivity contribution in [3.05, 3.63) is 143 Å². The number of aryl methyl sites for hydroxylation is 1. The average Bonchev–Trinajstić information content (AvgIpc) is 3.05. The molecule has 2 N–H and O–H groups in total. The molecule has 5 rings (SSSR count). The molecule has 0 unspecified atom stereocenters. The third-order valence-electron chi connectivity index (χ3n) is 8.43. The van der Waals surface area contributed by atoms with Crippen molar-refractivity contribution in [1.82, 2.24) is 15.5 Å². The Kier molecular flexibility index (Phi) is 10.8. The van der Waals surface area contributed by atoms with Gasteiger partial charge in [-0.05, 0) is 96.2 Å². The fraction of sp³-hybridized carbons (Fsp3) is 0.256. The number of hydrogen-bond donors (Lipinski definition) is 2. The SMILES string of the molecule is CCc1ccc(-c2ccc(C(=O)N[C@H](Cc3ccc4ccccc4c3)CN(C)[C@H](CNC)Cc3ccc(Cl)cc3)cc2)cc1. The summed E-state index contributed by atoms with van der Waals surface area (Å²) >= 11 is 6.14. The van der Waals surface area contributed by atoms with Crippen LogP contribution in [0.25, 0.3) is 21.9 Å². The van der Waals surface area contributed by atoms with Crippen LogP contribution in [0.4, 0.5) is 0 Å². The molecule has 5 aromatic carbocycles. The normalized spacial score (nSPS) is 12.8. The quantitative estimate of drug-likeness (QED) is 0.144. The van der Waals surface area contributed by atoms with E-state index in [9.17, 15) is 4.79 Å². The van der Waals surface area contributed by atoms with Crippen LogP contribution in [-0.4, -0.2) is 50.1 Å². The molecular formula is C39H42ClN3O. The van der Waals surface area contributed by atoms with Gasteiger partial charge in [0.05, 0.1) is 0 Å². The largest absolute Gasteiger partial charge is 0.348 e. The van der Waals surface area contributed by atoms with Crippen LogP contribution in [-0.2, 0) is 19.3 Å². The smallest absolute Gasteiger partial charge is 0.251 e. The van der Waals surface area contributed by atoms with Crippen molar-refractivity contribution < 1.29 is 4.79 Å². The number of nitrogens with zero attached hydrogens (tertiary/aromatic N) is 1. The molecule has 44 heavy (non-hydrogen) atoms. The van der Waals surface area contributed by atoms with Crippen molar-refractivity contribution in [2.24, 2.45) is 0 Å². The Labute approximate surface area is 267 Å². The lowest BCUT2D eigenvalue weighted by Gasteiger charge is -2.32. The van der Waals surface area contributed by atoms with Crippen molar-refractivity contribution in [1.29, 1.82) is 0 Å². The number of rotatable bonds is 13. The Morgan fingerprint density at radius 2 is 1.36 bits per heavy atom. The first-order chi connectivity index (χ1) is 21.4. The topological polar surface area (TPSA) is 44.4 Å². The average molecular weight is 604 g/mol. The van der Waals surface area contributed by atoms with Gasteiger partial charge in [0.15, 0.2) is 0 Å². The Hall–Kier alpha value is -3.96. The maximum atomic E-state index is 13.6. The second-order valence-electron chi connectivity index (χ2n) is 11.7. The maximum absolute atomic E-state index is 13.6. The Morgan fingerprint density at radius 3 is 2.02 bits per heavy atom. The molecule has 0 spiro atoms. The highest BCUT2D eigenvalue weighted by Gasteiger charge is 2.22. The highest BCUT2D eigenvalue weighted by atomic mass is 35.5. The third-order valence-corrected chi connectivity index (χ3v) is 8.68. The number of nitrogens with one attached hydrogen (secondary N) is 2. The van der Waals surface area contributed by atoms with E-state index in [1.54, 1.807) is 0 Å². The van der Waals surface area contributed by atoms with Crippen LogP contribution in [0.15, 0.2) is 115 Å². The lowest BCUT2D eigenvalue weighted by molar-refractivity contribution is 0.0921. The number of hydrogen-bond acceptors (Lipinski definition) is 3. The van der Waals surface area contributed by atoms with Crippen LogP contribution in [0.5, 0.6) is 0 Å². The maximum Gasteiger partial charge on any atom is 0.251 e. The molecule has 0 aliphatic carbocycles. The van der Waals surface area contributed by atoms with Gasteiger partial charge >= 0.3 is 0 Å². The molecule has 0 aromatic heterocycles. The van der Waals surface area contributed by atoms with Gasteiger partial charge in [-0.3, -0.25) is 9.69 Å². The number of carbonyl (C=O) groups excluding carboxylic acids is 1. The number of fused-ring (bicyclic) bond motifs is 1. The van der Waals surface area contributed by atoms with E-state index >= 15 is 0 Å². The molecule has 5 heteroatoms. The van der Waals surface area contributed by atoms with E-state index in [-0.39, 0.29) is 18.0 Å². The number of carbonyl (C=O) groups is 1. The van der Waals surface area contributed by atoms with Crippen LogP contribution >= 0.6 is 11.6 Å². The second kappa shape index (κ2) is 15.2. The molecule has 4 nitrogen and oxygen atoms in total. The summed E-state index contributed by atoms with van der Waals surface area (Å²) in [7, 11) is 4.13. The molecule has 1 amide bonds. The zero-order valence-electron chi connectivity index (χ0n) is 25.9. The first-order valence-electron chi connectivity index (χ1n) is 15.5. The summed E-state index contributed by atoms with van der Waals surface area (Å²) in [5, 5.41) is 9.92. The molecule has 5 aromatic rings. The molecule has 0 saturated carbocycles. The van der Waals surface area contributed by atoms with E-state index in [4.69, 9.17) is 11.6 Å². The number of likely N-dealkylation sites (N-methyl/N-ethyl adjacent to an activating group) is 2. The Balaban J connectivity index is 1.34. The summed E-state index contributed by atoms with van der Waals surface area (Å²) in [4.78, 5) is 16.0. The van der Waals surface area contributed by atoms with E-state index < -0.39 is 0 Å². The summed E-state index contributed by atoms with van der Waals surface area (Å²) in [5.74, 6) is -0.0556. The molecule has 0 aliphatic rings. The molecule has 2 atom stereocenters. The molecule has 0 heterocycles. The number of halogens is 1. The zero-order chi connectivity index (χ0) is 30.9. The minimum absolute atomic E-state index is 0.0556. The van der Waals surface area contributed by atoms with Gasteiger partial charge in [-0.2, -0.15) is 0 Å². The van der Waals surface area contributed by atoms with Crippen molar-refractivity contribution in [2.45, 2.75) is 38.3 Å². The monoisotopic (exact) mass is 603 g/mol. The van der Waals surface area contributed by atoms with Gasteiger partial charge in [0.25, 0.3) is 5.91 Å². The van der Waals surface area contributed by atoms with Crippen molar-refractivity contribution in [2.75, 3.05) is 27.2 Å². The second-order valence-corrected chi connectivity index (χ2v) is 12.1. The highest BCUT2D eigenvalue weighted by molar-refractivity contribution is 6.30. The summed E-state index contributed by atoms with van der Waals surface area (Å²) in [6, 6.07) is 39.8. The van der Waals surface area contributed by atoms with Crippen molar-refractivity contribution in [3.63, 3.8) is 0 Å². The fourth-order valence-electron chi connectivity index (χ4n) is 5.84. The van der Waals surface area contributed by atoms with Gasteiger partial charge in [-0.15, -0.1) is 0 Å². The first-order valence-corrected chi connectivity index (χ1v) is 15.9. The number of amides is 1. The van der Waals surface area contributed by atoms with Gasteiger partial charge in [-0.25, -0.2) is 0 Å². The Bertz CT molecular complexity index is 1650. The van der Waals surface area contributed by atoms with Gasteiger partial charge in [0, 0.05) is 35.8 Å². The van der Waals surface area contributed by atoms with Crippen LogP contribution in [0, 0.1) is 0 Å². The highest BCUT2D eigenvalue weighted by Crippen LogP contribution is 2.22. The lowest BCUT2D eigenvalue weighted by atomic mass is 9.99. The first kappa shape index (κ1) is 31.5. The minimum Gasteiger partial charge on any atom is -0.348 e. The molecule has 0 fully saturated rings. The van der Waals surface area contributed by atoms with Crippen molar-refractivity contribution >= 4 is 28.3 Å². The molecule has 0 radical (unpaired) electrons. The predicted molar refractivity (Wildman–Crippen MR) is 186 cm³/mol. The molecule has 0 saturated heterocycles. The lowest BCUT2D eigenvalue weighted by Crippen LogP contribution is -2.49. The van der Waals surface area contributed by atoms with Gasteiger partial charge in [-0.1, -0.05) is 110 Å². The zero-order valence-corrected chi connectivity index (χ0v) is 26.6. The van der Waals surface area contributed by atoms with E-state index in [0.29, 0.717) is 12.1 Å². The van der Waals surface area contributed by atoms with E-state index in [1.165, 1.54) is 27.5 Å². The van der Waals surface area contributed by atoms with Gasteiger partial charge < -0.3 is 10.6 Å². The molecular weight excluding hydrogens is 562 g/mol. The summed E-state index contributed by atoms with van der Waals surface area (Å²) in [5.41, 5.74) is 6.68. The summed E-state index contributed by atoms with van der Waals surface area (Å²) in [6.07, 6.45) is 2.63. The van der Waals surface area contributed by atoms with Gasteiger partial charge in [0.1, 0.15) is 0 Å². The fourth-order valence-corrected chi connectivity index (χ4v) is 5.96. The van der Waals surface area contributed by atoms with Crippen LogP contribution < -0.4 is 10.6 Å². The third kappa shape index (κ3) is 8.35. The van der Waals surface area contributed by atoms with Crippen LogP contribution in [0.1, 0.15) is 34.0 Å². The minimum atomic E-state index is -0.0838. The van der Waals surface area contributed by atoms with E-state index in [1.807, 2.05) is 43.4 Å². The standard InChI is InChI=1S/C39H42ClN3O/c1-4-28-9-14-32(15-10-28)33-17-19-34(20-18-33)39(44)42-37(24-30-11-16-31-7-5-6-8-35(31)23-30)27-43(3)38(26-41-2)25-29-12-21-36(40)22-13-29/h5-23,37-38,41H,4,24-27H2,1-3H3,(H,42,44)/t37-,38+/m1/s1. The molecule has 0 bridgehead atoms. The van der Waals surface area contributed by atoms with Gasteiger partial charge in [0.2, 0.25) is 0 Å². The molecule has 0 aliphatic heterocycles. The summed E-state index contributed by atoms with van der Waals surface area (Å²) < 4.78 is 0. The summed E-state index contributed by atoms with van der Waals surface area (Å²) in [6.45, 7) is 3.70. The molecule has 226 valence electrons. The van der Waals surface area contributed by atoms with Crippen molar-refractivity contribution in [3.8, 4) is 11.1 Å². The van der Waals surface area contributed by atoms with E-state index in [2.05, 4.69) is 108 Å². The number of benzene rings is 5. The Morgan fingerprint density at radius 1 is 0.750 bits per heavy atom. The van der Waals surface area contributed by atoms with E-state index in [0.717, 1.165) is 42.0 Å². The van der Waals surface area contributed by atoms with Crippen LogP contribution in [0.2, 0.25) is 5.02 Å².